The third kappa shape index (κ3) is 3.51. The fourth-order valence-electron chi connectivity index (χ4n) is 2.01. The maximum absolute atomic E-state index is 12.3. The highest BCUT2D eigenvalue weighted by Crippen LogP contribution is 2.30. The van der Waals surface area contributed by atoms with E-state index in [1.54, 1.807) is 0 Å². The minimum absolute atomic E-state index is 0.261. The molecule has 3 nitrogen and oxygen atoms in total. The summed E-state index contributed by atoms with van der Waals surface area (Å²) in [5, 5.41) is 3.40. The molecule has 110 valence electrons. The van der Waals surface area contributed by atoms with E-state index in [2.05, 4.69) is 21.2 Å². The molecule has 0 atom stereocenters. The Bertz CT molecular complexity index is 686. The second-order valence-corrected chi connectivity index (χ2v) is 6.45. The number of carbonyl (C=O) groups excluding carboxylic acids is 1. The first-order valence-corrected chi connectivity index (χ1v) is 7.67. The number of anilines is 2. The van der Waals surface area contributed by atoms with Crippen molar-refractivity contribution in [2.24, 2.45) is 0 Å². The van der Waals surface area contributed by atoms with Crippen LogP contribution in [-0.2, 0) is 0 Å². The van der Waals surface area contributed by atoms with Gasteiger partial charge in [-0.25, -0.2) is 0 Å². The maximum atomic E-state index is 12.3. The second-order valence-electron chi connectivity index (χ2n) is 4.72. The van der Waals surface area contributed by atoms with Gasteiger partial charge in [0.05, 0.1) is 15.7 Å². The Labute approximate surface area is 141 Å². The lowest BCUT2D eigenvalue weighted by Crippen LogP contribution is -2.14. The Morgan fingerprint density at radius 2 is 1.57 bits per heavy atom. The van der Waals surface area contributed by atoms with Crippen molar-refractivity contribution in [3.05, 3.63) is 55.5 Å². The van der Waals surface area contributed by atoms with Crippen molar-refractivity contribution < 1.29 is 4.79 Å². The molecule has 0 saturated carbocycles. The zero-order valence-corrected chi connectivity index (χ0v) is 14.5. The van der Waals surface area contributed by atoms with Crippen LogP contribution in [0.4, 0.5) is 11.4 Å². The lowest BCUT2D eigenvalue weighted by atomic mass is 10.1. The van der Waals surface area contributed by atoms with Crippen LogP contribution < -0.4 is 11.1 Å². The average molecular weight is 388 g/mol. The predicted molar refractivity (Wildman–Crippen MR) is 92.4 cm³/mol. The molecule has 2 aromatic rings. The Balaban J connectivity index is 2.35. The highest BCUT2D eigenvalue weighted by Gasteiger charge is 2.14. The van der Waals surface area contributed by atoms with E-state index >= 15 is 0 Å². The molecule has 0 radical (unpaired) electrons. The highest BCUT2D eigenvalue weighted by molar-refractivity contribution is 9.10. The fourth-order valence-corrected chi connectivity index (χ4v) is 3.18. The minimum atomic E-state index is -0.285. The van der Waals surface area contributed by atoms with Gasteiger partial charge in [-0.05, 0) is 49.2 Å². The minimum Gasteiger partial charge on any atom is -0.396 e. The standard InChI is InChI=1S/C15H13BrCl2N2O/c1-7-3-10(16)4-8(2)14(7)20-15(21)9-5-11(17)13(19)12(18)6-9/h3-6H,19H2,1-2H3,(H,20,21). The topological polar surface area (TPSA) is 55.1 Å². The number of aryl methyl sites for hydroxylation is 2. The highest BCUT2D eigenvalue weighted by atomic mass is 79.9. The number of benzene rings is 2. The molecule has 0 aliphatic heterocycles. The summed E-state index contributed by atoms with van der Waals surface area (Å²) in [4.78, 5) is 12.3. The van der Waals surface area contributed by atoms with Crippen LogP contribution in [0.1, 0.15) is 21.5 Å². The van der Waals surface area contributed by atoms with Gasteiger partial charge in [0, 0.05) is 15.7 Å². The molecule has 21 heavy (non-hydrogen) atoms. The number of amides is 1. The summed E-state index contributed by atoms with van der Waals surface area (Å²) in [7, 11) is 0. The Morgan fingerprint density at radius 3 is 2.05 bits per heavy atom. The number of nitrogen functional groups attached to an aromatic ring is 1. The first kappa shape index (κ1) is 16.1. The summed E-state index contributed by atoms with van der Waals surface area (Å²) in [6, 6.07) is 6.88. The molecule has 0 bridgehead atoms. The number of nitrogens with two attached hydrogens (primary N) is 1. The largest absolute Gasteiger partial charge is 0.396 e. The van der Waals surface area contributed by atoms with Crippen LogP contribution >= 0.6 is 39.1 Å². The molecule has 0 aromatic heterocycles. The van der Waals surface area contributed by atoms with Gasteiger partial charge in [-0.15, -0.1) is 0 Å². The first-order valence-electron chi connectivity index (χ1n) is 6.12. The number of nitrogens with one attached hydrogen (secondary N) is 1. The summed E-state index contributed by atoms with van der Waals surface area (Å²) in [5.41, 5.74) is 8.99. The smallest absolute Gasteiger partial charge is 0.255 e. The molecule has 0 saturated heterocycles. The van der Waals surface area contributed by atoms with Gasteiger partial charge in [0.25, 0.3) is 5.91 Å². The number of hydrogen-bond acceptors (Lipinski definition) is 2. The van der Waals surface area contributed by atoms with Crippen LogP contribution in [0.25, 0.3) is 0 Å². The van der Waals surface area contributed by atoms with Gasteiger partial charge in [-0.1, -0.05) is 39.1 Å². The van der Waals surface area contributed by atoms with Crippen molar-refractivity contribution in [1.82, 2.24) is 0 Å². The van der Waals surface area contributed by atoms with Crippen molar-refractivity contribution >= 4 is 56.4 Å². The molecule has 2 rings (SSSR count). The van der Waals surface area contributed by atoms with E-state index in [0.29, 0.717) is 5.56 Å². The van der Waals surface area contributed by atoms with Gasteiger partial charge >= 0.3 is 0 Å². The molecule has 2 aromatic carbocycles. The summed E-state index contributed by atoms with van der Waals surface area (Å²) < 4.78 is 0.967. The Kier molecular flexibility index (Phi) is 4.81. The Hall–Kier alpha value is -1.23. The molecular weight excluding hydrogens is 375 g/mol. The van der Waals surface area contributed by atoms with E-state index in [-0.39, 0.29) is 21.6 Å². The van der Waals surface area contributed by atoms with Gasteiger partial charge in [-0.2, -0.15) is 0 Å². The maximum Gasteiger partial charge on any atom is 0.255 e. The summed E-state index contributed by atoms with van der Waals surface area (Å²) in [6.07, 6.45) is 0. The van der Waals surface area contributed by atoms with Gasteiger partial charge in [0.1, 0.15) is 0 Å². The zero-order chi connectivity index (χ0) is 15.7. The van der Waals surface area contributed by atoms with E-state index in [9.17, 15) is 4.79 Å². The molecule has 0 aliphatic rings. The molecule has 0 aliphatic carbocycles. The van der Waals surface area contributed by atoms with Crippen LogP contribution in [-0.4, -0.2) is 5.91 Å². The molecule has 0 spiro atoms. The molecule has 0 heterocycles. The summed E-state index contributed by atoms with van der Waals surface area (Å²) in [5.74, 6) is -0.285. The SMILES string of the molecule is Cc1cc(Br)cc(C)c1NC(=O)c1cc(Cl)c(N)c(Cl)c1. The average Bonchev–Trinajstić information content (AvgIpc) is 2.39. The number of carbonyl (C=O) groups is 1. The lowest BCUT2D eigenvalue weighted by Gasteiger charge is -2.13. The number of rotatable bonds is 2. The third-order valence-electron chi connectivity index (χ3n) is 3.08. The van der Waals surface area contributed by atoms with Crippen molar-refractivity contribution in [1.29, 1.82) is 0 Å². The molecule has 0 unspecified atom stereocenters. The van der Waals surface area contributed by atoms with E-state index < -0.39 is 0 Å². The predicted octanol–water partition coefficient (Wildman–Crippen LogP) is 5.21. The number of halogens is 3. The third-order valence-corrected chi connectivity index (χ3v) is 4.16. The van der Waals surface area contributed by atoms with E-state index in [1.165, 1.54) is 12.1 Å². The first-order chi connectivity index (χ1) is 9.79. The zero-order valence-electron chi connectivity index (χ0n) is 11.4. The van der Waals surface area contributed by atoms with Crippen LogP contribution in [0.5, 0.6) is 0 Å². The second kappa shape index (κ2) is 6.26. The van der Waals surface area contributed by atoms with E-state index in [4.69, 9.17) is 28.9 Å². The quantitative estimate of drug-likeness (QED) is 0.695. The normalized spacial score (nSPS) is 10.5. The van der Waals surface area contributed by atoms with Gasteiger partial charge < -0.3 is 11.1 Å². The fraction of sp³-hybridized carbons (Fsp3) is 0.133. The van der Waals surface area contributed by atoms with Crippen molar-refractivity contribution in [2.75, 3.05) is 11.1 Å². The molecule has 6 heteroatoms. The molecular formula is C15H13BrCl2N2O. The monoisotopic (exact) mass is 386 g/mol. The number of hydrogen-bond donors (Lipinski definition) is 2. The van der Waals surface area contributed by atoms with Crippen LogP contribution in [0.2, 0.25) is 10.0 Å². The van der Waals surface area contributed by atoms with Gasteiger partial charge in [0.15, 0.2) is 0 Å². The van der Waals surface area contributed by atoms with Crippen molar-refractivity contribution in [3.8, 4) is 0 Å². The van der Waals surface area contributed by atoms with Crippen LogP contribution in [0, 0.1) is 13.8 Å². The summed E-state index contributed by atoms with van der Waals surface area (Å²) >= 11 is 15.3. The van der Waals surface area contributed by atoms with Crippen molar-refractivity contribution in [3.63, 3.8) is 0 Å². The van der Waals surface area contributed by atoms with Gasteiger partial charge in [-0.3, -0.25) is 4.79 Å². The molecule has 3 N–H and O–H groups in total. The summed E-state index contributed by atoms with van der Waals surface area (Å²) in [6.45, 7) is 3.85. The van der Waals surface area contributed by atoms with Crippen LogP contribution in [0.15, 0.2) is 28.7 Å². The van der Waals surface area contributed by atoms with Gasteiger partial charge in [0.2, 0.25) is 0 Å². The Morgan fingerprint density at radius 1 is 1.10 bits per heavy atom. The van der Waals surface area contributed by atoms with Crippen molar-refractivity contribution in [2.45, 2.75) is 13.8 Å². The van der Waals surface area contributed by atoms with E-state index in [1.807, 2.05) is 26.0 Å². The van der Waals surface area contributed by atoms with E-state index in [0.717, 1.165) is 21.3 Å². The molecule has 0 fully saturated rings. The van der Waals surface area contributed by atoms with Crippen LogP contribution in [0.3, 0.4) is 0 Å². The lowest BCUT2D eigenvalue weighted by molar-refractivity contribution is 0.102. The molecule has 1 amide bonds.